The molecule has 0 aliphatic carbocycles. The van der Waals surface area contributed by atoms with Gasteiger partial charge in [0.05, 0.1) is 13.7 Å². The molecule has 1 N–H and O–H groups in total. The SMILES string of the molecule is CCCOc1ccc(CN2CCC([C@](O)(c3ccc(OC(F)(F)F)cc3)c3ccc(OC)cc3N(C)C)CC2)cc1. The average molecular weight is 573 g/mol. The van der Waals surface area contributed by atoms with Crippen LogP contribution in [0.4, 0.5) is 18.9 Å². The Balaban J connectivity index is 1.59. The second kappa shape index (κ2) is 13.0. The summed E-state index contributed by atoms with van der Waals surface area (Å²) in [7, 11) is 5.36. The van der Waals surface area contributed by atoms with Crippen molar-refractivity contribution in [2.45, 2.75) is 44.7 Å². The van der Waals surface area contributed by atoms with Gasteiger partial charge in [-0.3, -0.25) is 4.90 Å². The first-order valence-electron chi connectivity index (χ1n) is 13.9. The maximum absolute atomic E-state index is 12.8. The lowest BCUT2D eigenvalue weighted by molar-refractivity contribution is -0.274. The van der Waals surface area contributed by atoms with Gasteiger partial charge in [-0.2, -0.15) is 0 Å². The van der Waals surface area contributed by atoms with Gasteiger partial charge in [0.2, 0.25) is 0 Å². The second-order valence-corrected chi connectivity index (χ2v) is 10.7. The summed E-state index contributed by atoms with van der Waals surface area (Å²) in [4.78, 5) is 4.27. The van der Waals surface area contributed by atoms with Crippen molar-refractivity contribution in [2.75, 3.05) is 45.8 Å². The number of rotatable bonds is 11. The number of ether oxygens (including phenoxy) is 3. The van der Waals surface area contributed by atoms with Crippen LogP contribution in [0.25, 0.3) is 0 Å². The number of piperidine rings is 1. The van der Waals surface area contributed by atoms with Crippen LogP contribution in [-0.4, -0.2) is 57.3 Å². The Labute approximate surface area is 240 Å². The van der Waals surface area contributed by atoms with E-state index in [1.165, 1.54) is 29.8 Å². The van der Waals surface area contributed by atoms with E-state index in [4.69, 9.17) is 9.47 Å². The van der Waals surface area contributed by atoms with Crippen LogP contribution in [-0.2, 0) is 12.1 Å². The molecule has 3 aromatic carbocycles. The van der Waals surface area contributed by atoms with Crippen molar-refractivity contribution in [3.8, 4) is 17.2 Å². The summed E-state index contributed by atoms with van der Waals surface area (Å²) < 4.78 is 53.6. The number of halogens is 3. The number of alkyl halides is 3. The van der Waals surface area contributed by atoms with Gasteiger partial charge in [0, 0.05) is 38.0 Å². The van der Waals surface area contributed by atoms with Crippen molar-refractivity contribution < 1.29 is 32.5 Å². The first-order valence-corrected chi connectivity index (χ1v) is 13.9. The van der Waals surface area contributed by atoms with Crippen LogP contribution in [0.3, 0.4) is 0 Å². The van der Waals surface area contributed by atoms with Gasteiger partial charge in [0.25, 0.3) is 0 Å². The molecule has 0 saturated carbocycles. The highest BCUT2D eigenvalue weighted by molar-refractivity contribution is 5.61. The molecule has 1 saturated heterocycles. The first kappa shape index (κ1) is 30.5. The van der Waals surface area contributed by atoms with Crippen molar-refractivity contribution in [1.82, 2.24) is 4.90 Å². The highest BCUT2D eigenvalue weighted by atomic mass is 19.4. The molecule has 0 amide bonds. The van der Waals surface area contributed by atoms with E-state index in [2.05, 4.69) is 28.7 Å². The standard InChI is InChI=1S/C32H39F3N2O4/c1-5-20-40-26-10-6-23(7-11-26)22-37-18-16-25(17-19-37)31(38,24-8-12-27(13-9-24)41-32(33,34)35)29-15-14-28(39-4)21-30(29)36(2)3/h6-15,21,25,38H,5,16-20,22H2,1-4H3/t31-/m1/s1. The van der Waals surface area contributed by atoms with Crippen LogP contribution >= 0.6 is 0 Å². The fourth-order valence-electron chi connectivity index (χ4n) is 5.53. The largest absolute Gasteiger partial charge is 0.573 e. The predicted octanol–water partition coefficient (Wildman–Crippen LogP) is 6.60. The number of hydrogen-bond acceptors (Lipinski definition) is 6. The van der Waals surface area contributed by atoms with Gasteiger partial charge in [-0.15, -0.1) is 13.2 Å². The Morgan fingerprint density at radius 2 is 1.51 bits per heavy atom. The van der Waals surface area contributed by atoms with Gasteiger partial charge in [0.1, 0.15) is 22.8 Å². The molecule has 0 unspecified atom stereocenters. The fourth-order valence-corrected chi connectivity index (χ4v) is 5.53. The van der Waals surface area contributed by atoms with Crippen molar-refractivity contribution in [2.24, 2.45) is 5.92 Å². The molecule has 1 aliphatic heterocycles. The highest BCUT2D eigenvalue weighted by Crippen LogP contribution is 2.46. The van der Waals surface area contributed by atoms with Gasteiger partial charge in [-0.1, -0.05) is 37.3 Å². The molecule has 0 bridgehead atoms. The van der Waals surface area contributed by atoms with E-state index in [-0.39, 0.29) is 11.7 Å². The maximum Gasteiger partial charge on any atom is 0.573 e. The summed E-state index contributed by atoms with van der Waals surface area (Å²) in [6.07, 6.45) is -2.43. The van der Waals surface area contributed by atoms with Crippen molar-refractivity contribution in [3.05, 3.63) is 83.4 Å². The summed E-state index contributed by atoms with van der Waals surface area (Å²) in [5.74, 6) is 1.01. The van der Waals surface area contributed by atoms with E-state index in [0.29, 0.717) is 36.3 Å². The zero-order valence-corrected chi connectivity index (χ0v) is 24.1. The van der Waals surface area contributed by atoms with E-state index in [9.17, 15) is 18.3 Å². The van der Waals surface area contributed by atoms with Gasteiger partial charge in [-0.05, 0) is 79.7 Å². The predicted molar refractivity (Wildman–Crippen MR) is 154 cm³/mol. The summed E-state index contributed by atoms with van der Waals surface area (Å²) in [6.45, 7) is 5.09. The highest BCUT2D eigenvalue weighted by Gasteiger charge is 2.43. The summed E-state index contributed by atoms with van der Waals surface area (Å²) in [5.41, 5.74) is 1.70. The number of methoxy groups -OCH3 is 1. The summed E-state index contributed by atoms with van der Waals surface area (Å²) in [5, 5.41) is 12.6. The van der Waals surface area contributed by atoms with Crippen LogP contribution < -0.4 is 19.1 Å². The topological polar surface area (TPSA) is 54.4 Å². The minimum Gasteiger partial charge on any atom is -0.497 e. The number of likely N-dealkylation sites (tertiary alicyclic amines) is 1. The number of nitrogens with zero attached hydrogens (tertiary/aromatic N) is 2. The molecule has 1 fully saturated rings. The van der Waals surface area contributed by atoms with Gasteiger partial charge >= 0.3 is 6.36 Å². The maximum atomic E-state index is 12.8. The molecular weight excluding hydrogens is 533 g/mol. The van der Waals surface area contributed by atoms with E-state index >= 15 is 0 Å². The van der Waals surface area contributed by atoms with Crippen LogP contribution in [0.2, 0.25) is 0 Å². The smallest absolute Gasteiger partial charge is 0.497 e. The van der Waals surface area contributed by atoms with E-state index in [1.807, 2.05) is 43.3 Å². The zero-order valence-electron chi connectivity index (χ0n) is 24.1. The normalized spacial score (nSPS) is 16.2. The van der Waals surface area contributed by atoms with Crippen LogP contribution in [0, 0.1) is 5.92 Å². The zero-order chi connectivity index (χ0) is 29.6. The molecule has 1 heterocycles. The van der Waals surface area contributed by atoms with E-state index in [1.54, 1.807) is 13.2 Å². The lowest BCUT2D eigenvalue weighted by atomic mass is 9.71. The molecule has 3 aromatic rings. The molecule has 9 heteroatoms. The third kappa shape index (κ3) is 7.45. The quantitative estimate of drug-likeness (QED) is 0.280. The monoisotopic (exact) mass is 572 g/mol. The third-order valence-corrected chi connectivity index (χ3v) is 7.61. The molecule has 0 spiro atoms. The molecule has 1 atom stereocenters. The Morgan fingerprint density at radius 1 is 0.902 bits per heavy atom. The average Bonchev–Trinajstić information content (AvgIpc) is 2.96. The van der Waals surface area contributed by atoms with Crippen molar-refractivity contribution in [1.29, 1.82) is 0 Å². The fraction of sp³-hybridized carbons (Fsp3) is 0.438. The Bertz CT molecular complexity index is 1260. The van der Waals surface area contributed by atoms with Gasteiger partial charge in [0.15, 0.2) is 0 Å². The molecule has 41 heavy (non-hydrogen) atoms. The lowest BCUT2D eigenvalue weighted by Crippen LogP contribution is -2.44. The summed E-state index contributed by atoms with van der Waals surface area (Å²) >= 11 is 0. The first-order chi connectivity index (χ1) is 19.5. The molecule has 0 radical (unpaired) electrons. The Hall–Kier alpha value is -3.43. The van der Waals surface area contributed by atoms with Crippen molar-refractivity contribution >= 4 is 5.69 Å². The third-order valence-electron chi connectivity index (χ3n) is 7.61. The Morgan fingerprint density at radius 3 is 2.07 bits per heavy atom. The molecule has 222 valence electrons. The minimum absolute atomic E-state index is 0.176. The van der Waals surface area contributed by atoms with Gasteiger partial charge in [-0.25, -0.2) is 0 Å². The lowest BCUT2D eigenvalue weighted by Gasteiger charge is -2.43. The van der Waals surface area contributed by atoms with Gasteiger partial charge < -0.3 is 24.2 Å². The second-order valence-electron chi connectivity index (χ2n) is 10.7. The van der Waals surface area contributed by atoms with E-state index < -0.39 is 12.0 Å². The number of aliphatic hydroxyl groups is 1. The number of benzene rings is 3. The van der Waals surface area contributed by atoms with Crippen LogP contribution in [0.1, 0.15) is 42.9 Å². The van der Waals surface area contributed by atoms with Crippen molar-refractivity contribution in [3.63, 3.8) is 0 Å². The minimum atomic E-state index is -4.79. The van der Waals surface area contributed by atoms with Crippen LogP contribution in [0.5, 0.6) is 17.2 Å². The molecule has 4 rings (SSSR count). The number of hydrogen-bond donors (Lipinski definition) is 1. The number of anilines is 1. The van der Waals surface area contributed by atoms with Crippen LogP contribution in [0.15, 0.2) is 66.7 Å². The Kier molecular flexibility index (Phi) is 9.71. The molecular formula is C32H39F3N2O4. The molecule has 0 aromatic heterocycles. The summed E-state index contributed by atoms with van der Waals surface area (Å²) in [6, 6.07) is 19.2. The molecule has 1 aliphatic rings. The van der Waals surface area contributed by atoms with E-state index in [0.717, 1.165) is 37.5 Å². The molecule has 6 nitrogen and oxygen atoms in total.